The van der Waals surface area contributed by atoms with E-state index in [9.17, 15) is 4.79 Å². The summed E-state index contributed by atoms with van der Waals surface area (Å²) in [4.78, 5) is 12.1. The molecule has 0 aliphatic carbocycles. The van der Waals surface area contributed by atoms with Crippen molar-refractivity contribution in [3.05, 3.63) is 21.3 Å². The van der Waals surface area contributed by atoms with Crippen molar-refractivity contribution in [3.63, 3.8) is 0 Å². The number of aryl methyl sites for hydroxylation is 1. The molecule has 2 aromatic rings. The molecule has 3 rings (SSSR count). The van der Waals surface area contributed by atoms with Gasteiger partial charge in [0.25, 0.3) is 0 Å². The predicted octanol–water partition coefficient (Wildman–Crippen LogP) is 0.323. The molecule has 0 fully saturated rings. The maximum atomic E-state index is 12.1. The van der Waals surface area contributed by atoms with Gasteiger partial charge >= 0.3 is 5.69 Å². The maximum Gasteiger partial charge on any atom is 0.346 e. The Morgan fingerprint density at radius 2 is 2.28 bits per heavy atom. The van der Waals surface area contributed by atoms with Crippen LogP contribution in [0.2, 0.25) is 0 Å². The summed E-state index contributed by atoms with van der Waals surface area (Å²) in [7, 11) is 1.80. The summed E-state index contributed by atoms with van der Waals surface area (Å²) in [6.45, 7) is 1.18. The lowest BCUT2D eigenvalue weighted by Crippen LogP contribution is -2.27. The van der Waals surface area contributed by atoms with Crippen LogP contribution in [0.5, 0.6) is 0 Å². The van der Waals surface area contributed by atoms with Crippen LogP contribution in [0.15, 0.2) is 4.79 Å². The molecule has 1 aliphatic heterocycles. The van der Waals surface area contributed by atoms with Crippen LogP contribution in [0.4, 0.5) is 5.13 Å². The van der Waals surface area contributed by atoms with Gasteiger partial charge < -0.3 is 5.32 Å². The molecular formula is C10H14N6OS. The van der Waals surface area contributed by atoms with Crippen molar-refractivity contribution < 1.29 is 0 Å². The molecule has 0 aromatic carbocycles. The van der Waals surface area contributed by atoms with E-state index in [0.29, 0.717) is 6.54 Å². The molecule has 0 radical (unpaired) electrons. The largest absolute Gasteiger partial charge is 0.363 e. The first kappa shape index (κ1) is 11.4. The zero-order valence-electron chi connectivity index (χ0n) is 10.1. The highest BCUT2D eigenvalue weighted by atomic mass is 32.1. The summed E-state index contributed by atoms with van der Waals surface area (Å²) in [6.07, 6.45) is 3.06. The molecule has 0 saturated heterocycles. The summed E-state index contributed by atoms with van der Waals surface area (Å²) in [5, 5.41) is 16.8. The van der Waals surface area contributed by atoms with E-state index >= 15 is 0 Å². The Morgan fingerprint density at radius 3 is 3.00 bits per heavy atom. The number of anilines is 1. The Labute approximate surface area is 107 Å². The van der Waals surface area contributed by atoms with E-state index in [1.807, 2.05) is 0 Å². The zero-order chi connectivity index (χ0) is 12.5. The Hall–Kier alpha value is -1.70. The second-order valence-corrected chi connectivity index (χ2v) is 5.28. The molecule has 0 saturated carbocycles. The van der Waals surface area contributed by atoms with Gasteiger partial charge in [-0.15, -0.1) is 10.2 Å². The normalized spacial score (nSPS) is 14.5. The van der Waals surface area contributed by atoms with Gasteiger partial charge in [-0.05, 0) is 12.8 Å². The van der Waals surface area contributed by atoms with Gasteiger partial charge in [-0.1, -0.05) is 11.3 Å². The van der Waals surface area contributed by atoms with Gasteiger partial charge in [-0.2, -0.15) is 5.10 Å². The maximum absolute atomic E-state index is 12.1. The summed E-state index contributed by atoms with van der Waals surface area (Å²) in [5.41, 5.74) is -0.0362. The van der Waals surface area contributed by atoms with Gasteiger partial charge in [0.05, 0.1) is 0 Å². The highest BCUT2D eigenvalue weighted by molar-refractivity contribution is 7.15. The van der Waals surface area contributed by atoms with Crippen LogP contribution >= 0.6 is 11.3 Å². The molecule has 7 nitrogen and oxygen atoms in total. The number of hydrogen-bond acceptors (Lipinski definition) is 6. The van der Waals surface area contributed by atoms with Gasteiger partial charge in [-0.25, -0.2) is 9.48 Å². The molecule has 1 N–H and O–H groups in total. The highest BCUT2D eigenvalue weighted by Crippen LogP contribution is 2.15. The van der Waals surface area contributed by atoms with Gasteiger partial charge in [0.15, 0.2) is 0 Å². The number of nitrogens with zero attached hydrogens (tertiary/aromatic N) is 5. The third-order valence-electron chi connectivity index (χ3n) is 3.00. The molecule has 2 aromatic heterocycles. The molecule has 96 valence electrons. The van der Waals surface area contributed by atoms with Crippen molar-refractivity contribution in [3.8, 4) is 0 Å². The SMILES string of the molecule is CNc1nnc(Cn2nc3n(c2=O)CCCC3)s1. The van der Waals surface area contributed by atoms with Crippen LogP contribution in [-0.2, 0) is 19.5 Å². The van der Waals surface area contributed by atoms with Gasteiger partial charge in [0.1, 0.15) is 17.4 Å². The lowest BCUT2D eigenvalue weighted by atomic mass is 10.2. The number of aromatic nitrogens is 5. The molecular weight excluding hydrogens is 252 g/mol. The van der Waals surface area contributed by atoms with Crippen molar-refractivity contribution in [2.24, 2.45) is 0 Å². The molecule has 8 heteroatoms. The topological polar surface area (TPSA) is 77.6 Å². The molecule has 0 bridgehead atoms. The van der Waals surface area contributed by atoms with E-state index in [4.69, 9.17) is 0 Å². The predicted molar refractivity (Wildman–Crippen MR) is 68.0 cm³/mol. The average molecular weight is 266 g/mol. The van der Waals surface area contributed by atoms with Crippen LogP contribution in [0, 0.1) is 0 Å². The Kier molecular flexibility index (Phi) is 2.86. The Morgan fingerprint density at radius 1 is 1.39 bits per heavy atom. The van der Waals surface area contributed by atoms with Crippen molar-refractivity contribution >= 4 is 16.5 Å². The molecule has 1 aliphatic rings. The summed E-state index contributed by atoms with van der Waals surface area (Å²) < 4.78 is 3.25. The standard InChI is InChI=1S/C10H14N6OS/c1-11-9-13-12-8(18-9)6-16-10(17)15-5-3-2-4-7(15)14-16/h2-6H2,1H3,(H,11,13). The third kappa shape index (κ3) is 1.92. The third-order valence-corrected chi connectivity index (χ3v) is 3.92. The minimum absolute atomic E-state index is 0.0362. The zero-order valence-corrected chi connectivity index (χ0v) is 10.9. The van der Waals surface area contributed by atoms with Crippen molar-refractivity contribution in [2.45, 2.75) is 32.4 Å². The van der Waals surface area contributed by atoms with Crippen molar-refractivity contribution in [1.29, 1.82) is 0 Å². The first-order valence-corrected chi connectivity index (χ1v) is 6.76. The minimum atomic E-state index is -0.0362. The van der Waals surface area contributed by atoms with E-state index in [0.717, 1.165) is 41.8 Å². The van der Waals surface area contributed by atoms with E-state index in [2.05, 4.69) is 20.6 Å². The molecule has 0 amide bonds. The van der Waals surface area contributed by atoms with E-state index < -0.39 is 0 Å². The molecule has 0 atom stereocenters. The smallest absolute Gasteiger partial charge is 0.346 e. The molecule has 0 spiro atoms. The minimum Gasteiger partial charge on any atom is -0.363 e. The Balaban J connectivity index is 1.88. The fraction of sp³-hybridized carbons (Fsp3) is 0.600. The fourth-order valence-electron chi connectivity index (χ4n) is 2.10. The lowest BCUT2D eigenvalue weighted by molar-refractivity contribution is 0.511. The van der Waals surface area contributed by atoms with Gasteiger partial charge in [0, 0.05) is 20.0 Å². The molecule has 18 heavy (non-hydrogen) atoms. The van der Waals surface area contributed by atoms with Crippen LogP contribution < -0.4 is 11.0 Å². The second-order valence-electron chi connectivity index (χ2n) is 4.22. The van der Waals surface area contributed by atoms with Gasteiger partial charge in [0.2, 0.25) is 5.13 Å². The lowest BCUT2D eigenvalue weighted by Gasteiger charge is -2.09. The monoisotopic (exact) mass is 266 g/mol. The van der Waals surface area contributed by atoms with E-state index in [1.54, 1.807) is 11.6 Å². The fourth-order valence-corrected chi connectivity index (χ4v) is 2.77. The van der Waals surface area contributed by atoms with Crippen molar-refractivity contribution in [2.75, 3.05) is 12.4 Å². The Bertz CT molecular complexity index is 612. The highest BCUT2D eigenvalue weighted by Gasteiger charge is 2.17. The molecule has 0 unspecified atom stereocenters. The van der Waals surface area contributed by atoms with Crippen LogP contribution in [-0.4, -0.2) is 31.6 Å². The summed E-state index contributed by atoms with van der Waals surface area (Å²) >= 11 is 1.44. The van der Waals surface area contributed by atoms with E-state index in [-0.39, 0.29) is 5.69 Å². The van der Waals surface area contributed by atoms with E-state index in [1.165, 1.54) is 16.0 Å². The number of hydrogen-bond donors (Lipinski definition) is 1. The molecule has 3 heterocycles. The van der Waals surface area contributed by atoms with Crippen LogP contribution in [0.3, 0.4) is 0 Å². The summed E-state index contributed by atoms with van der Waals surface area (Å²) in [6, 6.07) is 0. The number of rotatable bonds is 3. The summed E-state index contributed by atoms with van der Waals surface area (Å²) in [5.74, 6) is 0.893. The van der Waals surface area contributed by atoms with Crippen molar-refractivity contribution in [1.82, 2.24) is 24.5 Å². The quantitative estimate of drug-likeness (QED) is 0.866. The second kappa shape index (κ2) is 4.52. The number of nitrogens with one attached hydrogen (secondary N) is 1. The number of fused-ring (bicyclic) bond motifs is 1. The van der Waals surface area contributed by atoms with Crippen LogP contribution in [0.1, 0.15) is 23.7 Å². The average Bonchev–Trinajstić information content (AvgIpc) is 2.97. The first-order valence-electron chi connectivity index (χ1n) is 5.94. The van der Waals surface area contributed by atoms with Crippen LogP contribution in [0.25, 0.3) is 0 Å². The first-order chi connectivity index (χ1) is 8.78. The van der Waals surface area contributed by atoms with Gasteiger partial charge in [-0.3, -0.25) is 4.57 Å².